The van der Waals surface area contributed by atoms with Crippen LogP contribution >= 0.6 is 12.1 Å². The first-order chi connectivity index (χ1) is 34.7. The highest BCUT2D eigenvalue weighted by Crippen LogP contribution is 2.57. The Morgan fingerprint density at radius 3 is 1.14 bits per heavy atom. The van der Waals surface area contributed by atoms with Crippen LogP contribution in [0.3, 0.4) is 0 Å². The Balaban J connectivity index is 1.09. The number of aromatic nitrogens is 3. The molecule has 7 nitrogen and oxygen atoms in total. The van der Waals surface area contributed by atoms with Gasteiger partial charge in [-0.05, 0) is 139 Å². The van der Waals surface area contributed by atoms with E-state index in [-0.39, 0.29) is 21.7 Å². The van der Waals surface area contributed by atoms with E-state index in [1.165, 1.54) is 34.4 Å². The van der Waals surface area contributed by atoms with Gasteiger partial charge in [-0.2, -0.15) is 12.1 Å². The van der Waals surface area contributed by atoms with Gasteiger partial charge in [-0.25, -0.2) is 4.68 Å². The number of hydrogen-bond acceptors (Lipinski definition) is 6. The Morgan fingerprint density at radius 1 is 0.438 bits per heavy atom. The number of nitrogens with zero attached hydrogens (tertiary/aromatic N) is 6. The van der Waals surface area contributed by atoms with Crippen molar-refractivity contribution in [2.75, 3.05) is 14.5 Å². The van der Waals surface area contributed by atoms with Crippen LogP contribution in [0.2, 0.25) is 0 Å². The monoisotopic (exact) mass is 979 g/mol. The van der Waals surface area contributed by atoms with Gasteiger partial charge < -0.3 is 19.2 Å². The van der Waals surface area contributed by atoms with Crippen LogP contribution in [0.1, 0.15) is 111 Å². The topological polar surface area (TPSA) is 63.3 Å². The molecule has 8 aromatic carbocycles. The summed E-state index contributed by atoms with van der Waals surface area (Å²) in [5, 5.41) is 9.96. The Kier molecular flexibility index (Phi) is 12.8. The fourth-order valence-corrected chi connectivity index (χ4v) is 10.4. The number of hydrogen-bond donors (Lipinski definition) is 1. The summed E-state index contributed by atoms with van der Waals surface area (Å²) in [6.07, 6.45) is 0. The predicted octanol–water partition coefficient (Wildman–Crippen LogP) is 18.9. The SMILES string of the molecule is CC(C)(C)c1ccc(N(c2ccc(-c3c4c(c(-c5ccc(N(c6ccc(C(C)(C)C)cc6)c6ccc(C(C)(C)C)cc6)cc5)c5c3nnn5Cc3ccccc3)NS[N-]4)cc2)c2ccc(C(C)(C)C)cc2)cc1. The van der Waals surface area contributed by atoms with Gasteiger partial charge in [0.15, 0.2) is 0 Å². The van der Waals surface area contributed by atoms with Crippen LogP contribution in [0.15, 0.2) is 176 Å². The Hall–Kier alpha value is -7.29. The lowest BCUT2D eigenvalue weighted by Crippen LogP contribution is -2.14. The third-order valence-electron chi connectivity index (χ3n) is 14.2. The second-order valence-electron chi connectivity index (χ2n) is 23.6. The summed E-state index contributed by atoms with van der Waals surface area (Å²) < 4.78 is 10.8. The average Bonchev–Trinajstić information content (AvgIpc) is 4.02. The van der Waals surface area contributed by atoms with Gasteiger partial charge in [0, 0.05) is 45.4 Å². The van der Waals surface area contributed by atoms with Gasteiger partial charge in [0.05, 0.1) is 12.1 Å². The largest absolute Gasteiger partial charge is 0.611 e. The van der Waals surface area contributed by atoms with Gasteiger partial charge in [-0.15, -0.1) is 5.10 Å². The molecule has 1 N–H and O–H groups in total. The molecule has 0 spiro atoms. The molecule has 2 heterocycles. The standard InChI is InChI=1S/C65H68N7S/c1-62(2,3)46-22-34-52(35-23-46)71(53-36-24-47(25-37-53)63(4,5)6)50-30-18-44(19-31-50)56-58-59(68-73-67-58)57(61-60(56)66-69-70(61)42-43-16-14-13-15-17-43)45-20-32-51(33-21-45)72(54-38-26-48(27-39-54)64(7,8)9)55-40-28-49(29-41-55)65(10,11)12/h13-41,68H,42H2,1-12H3/q-1. The van der Waals surface area contributed by atoms with Crippen molar-refractivity contribution in [3.05, 3.63) is 208 Å². The lowest BCUT2D eigenvalue weighted by atomic mass is 9.86. The van der Waals surface area contributed by atoms with Crippen LogP contribution in [-0.2, 0) is 28.2 Å². The van der Waals surface area contributed by atoms with Crippen LogP contribution in [0, 0.1) is 0 Å². The van der Waals surface area contributed by atoms with Crippen molar-refractivity contribution < 1.29 is 0 Å². The molecule has 370 valence electrons. The van der Waals surface area contributed by atoms with E-state index in [0.29, 0.717) is 6.54 Å². The maximum absolute atomic E-state index is 5.10. The van der Waals surface area contributed by atoms with Crippen molar-refractivity contribution in [1.82, 2.24) is 15.0 Å². The summed E-state index contributed by atoms with van der Waals surface area (Å²) in [4.78, 5) is 4.69. The van der Waals surface area contributed by atoms with E-state index in [4.69, 9.17) is 15.0 Å². The highest BCUT2D eigenvalue weighted by atomic mass is 32.2. The summed E-state index contributed by atoms with van der Waals surface area (Å²) >= 11 is 1.36. The van der Waals surface area contributed by atoms with Crippen molar-refractivity contribution in [3.8, 4) is 22.3 Å². The first-order valence-electron chi connectivity index (χ1n) is 25.6. The molecule has 9 aromatic rings. The molecule has 10 rings (SSSR count). The molecule has 0 saturated heterocycles. The molecule has 0 bridgehead atoms. The lowest BCUT2D eigenvalue weighted by Gasteiger charge is -2.28. The maximum atomic E-state index is 5.10. The number of benzene rings is 8. The van der Waals surface area contributed by atoms with Crippen molar-refractivity contribution in [3.63, 3.8) is 0 Å². The van der Waals surface area contributed by atoms with E-state index in [9.17, 15) is 0 Å². The highest BCUT2D eigenvalue weighted by molar-refractivity contribution is 8.04. The molecule has 0 radical (unpaired) electrons. The quantitative estimate of drug-likeness (QED) is 0.138. The Labute approximate surface area is 438 Å². The second kappa shape index (κ2) is 19.0. The Morgan fingerprint density at radius 2 is 0.781 bits per heavy atom. The van der Waals surface area contributed by atoms with E-state index in [0.717, 1.165) is 84.3 Å². The van der Waals surface area contributed by atoms with Gasteiger partial charge in [0.1, 0.15) is 5.52 Å². The van der Waals surface area contributed by atoms with Gasteiger partial charge >= 0.3 is 0 Å². The minimum Gasteiger partial charge on any atom is -0.611 e. The van der Waals surface area contributed by atoms with Gasteiger partial charge in [-0.3, -0.25) is 0 Å². The average molecular weight is 979 g/mol. The first-order valence-corrected chi connectivity index (χ1v) is 26.3. The number of nitrogens with one attached hydrogen (secondary N) is 1. The van der Waals surface area contributed by atoms with Crippen molar-refractivity contribution >= 4 is 68.7 Å². The van der Waals surface area contributed by atoms with Crippen LogP contribution in [0.5, 0.6) is 0 Å². The van der Waals surface area contributed by atoms with Crippen LogP contribution < -0.4 is 14.5 Å². The summed E-state index contributed by atoms with van der Waals surface area (Å²) in [5.74, 6) is 0. The van der Waals surface area contributed by atoms with E-state index in [1.807, 2.05) is 0 Å². The zero-order chi connectivity index (χ0) is 51.5. The van der Waals surface area contributed by atoms with Gasteiger partial charge in [-0.1, -0.05) is 197 Å². The molecule has 0 unspecified atom stereocenters. The van der Waals surface area contributed by atoms with E-state index < -0.39 is 0 Å². The molecule has 0 amide bonds. The molecule has 73 heavy (non-hydrogen) atoms. The molecular weight excluding hydrogens is 911 g/mol. The summed E-state index contributed by atoms with van der Waals surface area (Å²) in [6.45, 7) is 27.7. The van der Waals surface area contributed by atoms with Crippen molar-refractivity contribution in [1.29, 1.82) is 0 Å². The van der Waals surface area contributed by atoms with E-state index in [1.54, 1.807) is 0 Å². The van der Waals surface area contributed by atoms with Crippen molar-refractivity contribution in [2.24, 2.45) is 0 Å². The zero-order valence-electron chi connectivity index (χ0n) is 44.5. The first kappa shape index (κ1) is 49.3. The smallest absolute Gasteiger partial charge is 0.120 e. The summed E-state index contributed by atoms with van der Waals surface area (Å²) in [6, 6.07) is 64.3. The van der Waals surface area contributed by atoms with Crippen LogP contribution in [0.25, 0.3) is 38.0 Å². The minimum atomic E-state index is 0.0460. The highest BCUT2D eigenvalue weighted by Gasteiger charge is 2.27. The van der Waals surface area contributed by atoms with Crippen LogP contribution in [0.4, 0.5) is 45.5 Å². The molecule has 0 saturated carbocycles. The number of fused-ring (bicyclic) bond motifs is 2. The minimum absolute atomic E-state index is 0.0460. The summed E-state index contributed by atoms with van der Waals surface area (Å²) in [5.41, 5.74) is 20.7. The third kappa shape index (κ3) is 9.98. The fourth-order valence-electron chi connectivity index (χ4n) is 9.82. The predicted molar refractivity (Wildman–Crippen MR) is 312 cm³/mol. The van der Waals surface area contributed by atoms with Gasteiger partial charge in [0.2, 0.25) is 0 Å². The number of rotatable bonds is 10. The molecular formula is C65H68N7S-. The molecule has 0 atom stereocenters. The van der Waals surface area contributed by atoms with Crippen molar-refractivity contribution in [2.45, 2.75) is 111 Å². The van der Waals surface area contributed by atoms with Gasteiger partial charge in [0.25, 0.3) is 0 Å². The van der Waals surface area contributed by atoms with Crippen LogP contribution in [-0.4, -0.2) is 15.0 Å². The molecule has 0 aliphatic carbocycles. The molecule has 1 aliphatic rings. The number of anilines is 7. The molecule has 8 heteroatoms. The zero-order valence-corrected chi connectivity index (χ0v) is 45.4. The second-order valence-corrected chi connectivity index (χ2v) is 24.2. The lowest BCUT2D eigenvalue weighted by molar-refractivity contribution is 0.590. The maximum Gasteiger partial charge on any atom is 0.120 e. The molecule has 1 aromatic heterocycles. The van der Waals surface area contributed by atoms with E-state index >= 15 is 0 Å². The molecule has 1 aliphatic heterocycles. The Bertz CT molecular complexity index is 3250. The van der Waals surface area contributed by atoms with E-state index in [2.05, 4.69) is 278 Å². The fraction of sp³-hybridized carbons (Fsp3) is 0.262. The molecule has 0 fully saturated rings. The third-order valence-corrected chi connectivity index (χ3v) is 14.8. The normalized spacial score (nSPS) is 12.9. The summed E-state index contributed by atoms with van der Waals surface area (Å²) in [7, 11) is 0.